The summed E-state index contributed by atoms with van der Waals surface area (Å²) in [6.45, 7) is 7.02. The maximum atomic E-state index is 5.54. The largest absolute Gasteiger partial charge is 0.460 e. The maximum Gasteiger partial charge on any atom is 0.152 e. The molecule has 0 aromatic carbocycles. The van der Waals surface area contributed by atoms with Gasteiger partial charge in [-0.25, -0.2) is 4.98 Å². The minimum Gasteiger partial charge on any atom is -0.460 e. The SMILES string of the molecule is CCC(C)NCc1ncc(-c2ccc(C)o2)[nH]1. The minimum atomic E-state index is 0.509. The van der Waals surface area contributed by atoms with Crippen molar-refractivity contribution in [3.05, 3.63) is 29.9 Å². The van der Waals surface area contributed by atoms with Crippen molar-refractivity contribution < 1.29 is 4.42 Å². The van der Waals surface area contributed by atoms with E-state index in [1.807, 2.05) is 25.3 Å². The average molecular weight is 233 g/mol. The second-order valence-corrected chi connectivity index (χ2v) is 4.34. The van der Waals surface area contributed by atoms with Crippen LogP contribution in [0.15, 0.2) is 22.7 Å². The molecule has 92 valence electrons. The molecule has 4 heteroatoms. The molecule has 0 amide bonds. The van der Waals surface area contributed by atoms with E-state index in [0.29, 0.717) is 6.04 Å². The summed E-state index contributed by atoms with van der Waals surface area (Å²) in [5, 5.41) is 3.39. The summed E-state index contributed by atoms with van der Waals surface area (Å²) in [7, 11) is 0. The van der Waals surface area contributed by atoms with Gasteiger partial charge in [-0.05, 0) is 32.4 Å². The van der Waals surface area contributed by atoms with Crippen molar-refractivity contribution in [1.29, 1.82) is 0 Å². The molecule has 2 aromatic heterocycles. The molecule has 0 aliphatic carbocycles. The number of hydrogen-bond donors (Lipinski definition) is 2. The fourth-order valence-electron chi connectivity index (χ4n) is 1.57. The third-order valence-electron chi connectivity index (χ3n) is 2.86. The lowest BCUT2D eigenvalue weighted by atomic mass is 10.2. The highest BCUT2D eigenvalue weighted by molar-refractivity contribution is 5.51. The standard InChI is InChI=1S/C13H19N3O/c1-4-9(2)14-8-13-15-7-11(16-13)12-6-5-10(3)17-12/h5-7,9,14H,4,8H2,1-3H3,(H,15,16). The van der Waals surface area contributed by atoms with E-state index in [9.17, 15) is 0 Å². The van der Waals surface area contributed by atoms with Gasteiger partial charge in [0.05, 0.1) is 12.7 Å². The Morgan fingerprint density at radius 2 is 2.29 bits per heavy atom. The fourth-order valence-corrected chi connectivity index (χ4v) is 1.57. The van der Waals surface area contributed by atoms with Gasteiger partial charge in [-0.1, -0.05) is 6.92 Å². The predicted molar refractivity (Wildman–Crippen MR) is 67.6 cm³/mol. The Morgan fingerprint density at radius 1 is 1.47 bits per heavy atom. The van der Waals surface area contributed by atoms with Gasteiger partial charge in [0.2, 0.25) is 0 Å². The van der Waals surface area contributed by atoms with E-state index in [4.69, 9.17) is 4.42 Å². The molecular formula is C13H19N3O. The summed E-state index contributed by atoms with van der Waals surface area (Å²) in [5.74, 6) is 2.69. The molecule has 2 rings (SSSR count). The monoisotopic (exact) mass is 233 g/mol. The van der Waals surface area contributed by atoms with Crippen molar-refractivity contribution in [1.82, 2.24) is 15.3 Å². The van der Waals surface area contributed by atoms with Crippen molar-refractivity contribution in [3.8, 4) is 11.5 Å². The molecule has 4 nitrogen and oxygen atoms in total. The summed E-state index contributed by atoms with van der Waals surface area (Å²) in [4.78, 5) is 7.58. The first-order valence-corrected chi connectivity index (χ1v) is 6.03. The lowest BCUT2D eigenvalue weighted by Crippen LogP contribution is -2.24. The van der Waals surface area contributed by atoms with Crippen LogP contribution in [0.1, 0.15) is 31.9 Å². The van der Waals surface area contributed by atoms with E-state index in [1.54, 1.807) is 0 Å². The Morgan fingerprint density at radius 3 is 2.94 bits per heavy atom. The van der Waals surface area contributed by atoms with E-state index in [2.05, 4.69) is 29.1 Å². The Balaban J connectivity index is 2.01. The van der Waals surface area contributed by atoms with Gasteiger partial charge in [-0.2, -0.15) is 0 Å². The summed E-state index contributed by atoms with van der Waals surface area (Å²) in [6.07, 6.45) is 2.93. The topological polar surface area (TPSA) is 53.9 Å². The molecule has 2 aromatic rings. The molecule has 17 heavy (non-hydrogen) atoms. The van der Waals surface area contributed by atoms with Gasteiger partial charge in [0.15, 0.2) is 5.76 Å². The summed E-state index contributed by atoms with van der Waals surface area (Å²) in [6, 6.07) is 4.41. The van der Waals surface area contributed by atoms with Crippen LogP contribution in [0.2, 0.25) is 0 Å². The third-order valence-corrected chi connectivity index (χ3v) is 2.86. The number of nitrogens with zero attached hydrogens (tertiary/aromatic N) is 1. The smallest absolute Gasteiger partial charge is 0.152 e. The third kappa shape index (κ3) is 2.97. The first-order chi connectivity index (χ1) is 8.19. The highest BCUT2D eigenvalue weighted by Crippen LogP contribution is 2.19. The minimum absolute atomic E-state index is 0.509. The lowest BCUT2D eigenvalue weighted by molar-refractivity contribution is 0.524. The van der Waals surface area contributed by atoms with Gasteiger partial charge in [-0.3, -0.25) is 0 Å². The Kier molecular flexibility index (Phi) is 3.64. The number of aromatic amines is 1. The number of rotatable bonds is 5. The molecule has 0 aliphatic heterocycles. The highest BCUT2D eigenvalue weighted by Gasteiger charge is 2.07. The zero-order valence-electron chi connectivity index (χ0n) is 10.6. The van der Waals surface area contributed by atoms with Crippen LogP contribution < -0.4 is 5.32 Å². The number of hydrogen-bond acceptors (Lipinski definition) is 3. The maximum absolute atomic E-state index is 5.54. The van der Waals surface area contributed by atoms with Crippen LogP contribution in [-0.2, 0) is 6.54 Å². The predicted octanol–water partition coefficient (Wildman–Crippen LogP) is 2.87. The average Bonchev–Trinajstić information content (AvgIpc) is 2.94. The molecule has 0 saturated carbocycles. The molecule has 1 atom stereocenters. The van der Waals surface area contributed by atoms with Gasteiger partial charge in [0, 0.05) is 6.04 Å². The Bertz CT molecular complexity index is 472. The zero-order chi connectivity index (χ0) is 12.3. The molecular weight excluding hydrogens is 214 g/mol. The number of H-pyrrole nitrogens is 1. The molecule has 0 spiro atoms. The number of aryl methyl sites for hydroxylation is 1. The Hall–Kier alpha value is -1.55. The van der Waals surface area contributed by atoms with Crippen molar-refractivity contribution in [2.75, 3.05) is 0 Å². The first kappa shape index (κ1) is 11.9. The van der Waals surface area contributed by atoms with Crippen LogP contribution in [0.3, 0.4) is 0 Å². The number of aromatic nitrogens is 2. The van der Waals surface area contributed by atoms with E-state index in [-0.39, 0.29) is 0 Å². The molecule has 0 fully saturated rings. The van der Waals surface area contributed by atoms with Crippen molar-refractivity contribution in [2.24, 2.45) is 0 Å². The van der Waals surface area contributed by atoms with Crippen LogP contribution >= 0.6 is 0 Å². The van der Waals surface area contributed by atoms with Crippen molar-refractivity contribution >= 4 is 0 Å². The molecule has 0 aliphatic rings. The molecule has 0 radical (unpaired) electrons. The summed E-state index contributed by atoms with van der Waals surface area (Å²) < 4.78 is 5.54. The summed E-state index contributed by atoms with van der Waals surface area (Å²) >= 11 is 0. The number of imidazole rings is 1. The zero-order valence-corrected chi connectivity index (χ0v) is 10.6. The molecule has 2 heterocycles. The van der Waals surface area contributed by atoms with Gasteiger partial charge >= 0.3 is 0 Å². The Labute approximate surface area is 101 Å². The van der Waals surface area contributed by atoms with Crippen LogP contribution in [-0.4, -0.2) is 16.0 Å². The molecule has 2 N–H and O–H groups in total. The second kappa shape index (κ2) is 5.19. The quantitative estimate of drug-likeness (QED) is 0.835. The van der Waals surface area contributed by atoms with Gasteiger partial charge in [-0.15, -0.1) is 0 Å². The van der Waals surface area contributed by atoms with Crippen LogP contribution in [0.25, 0.3) is 11.5 Å². The van der Waals surface area contributed by atoms with Crippen LogP contribution in [0.4, 0.5) is 0 Å². The summed E-state index contributed by atoms with van der Waals surface area (Å²) in [5.41, 5.74) is 0.930. The van der Waals surface area contributed by atoms with E-state index in [1.165, 1.54) is 0 Å². The van der Waals surface area contributed by atoms with Crippen LogP contribution in [0.5, 0.6) is 0 Å². The molecule has 1 unspecified atom stereocenters. The molecule has 0 saturated heterocycles. The van der Waals surface area contributed by atoms with E-state index >= 15 is 0 Å². The second-order valence-electron chi connectivity index (χ2n) is 4.34. The lowest BCUT2D eigenvalue weighted by Gasteiger charge is -2.08. The molecule has 0 bridgehead atoms. The normalized spacial score (nSPS) is 12.9. The number of furan rings is 1. The van der Waals surface area contributed by atoms with Crippen molar-refractivity contribution in [2.45, 2.75) is 39.8 Å². The van der Waals surface area contributed by atoms with Crippen LogP contribution in [0, 0.1) is 6.92 Å². The highest BCUT2D eigenvalue weighted by atomic mass is 16.3. The number of nitrogens with one attached hydrogen (secondary N) is 2. The van der Waals surface area contributed by atoms with Gasteiger partial charge in [0.25, 0.3) is 0 Å². The van der Waals surface area contributed by atoms with Gasteiger partial charge in [0.1, 0.15) is 17.3 Å². The first-order valence-electron chi connectivity index (χ1n) is 6.03. The van der Waals surface area contributed by atoms with E-state index in [0.717, 1.165) is 36.0 Å². The van der Waals surface area contributed by atoms with E-state index < -0.39 is 0 Å². The van der Waals surface area contributed by atoms with Crippen molar-refractivity contribution in [3.63, 3.8) is 0 Å². The fraction of sp³-hybridized carbons (Fsp3) is 0.462. The van der Waals surface area contributed by atoms with Gasteiger partial charge < -0.3 is 14.7 Å².